The molecule has 1 fully saturated rings. The number of rotatable bonds is 1. The van der Waals surface area contributed by atoms with E-state index in [0.29, 0.717) is 17.7 Å². The van der Waals surface area contributed by atoms with E-state index in [2.05, 4.69) is 55.3 Å². The average molecular weight is 293 g/mol. The van der Waals surface area contributed by atoms with Crippen LogP contribution in [0.15, 0.2) is 48.5 Å². The summed E-state index contributed by atoms with van der Waals surface area (Å²) in [5, 5.41) is 10.1. The van der Waals surface area contributed by atoms with E-state index in [1.165, 1.54) is 16.7 Å². The van der Waals surface area contributed by atoms with Gasteiger partial charge in [-0.2, -0.15) is 0 Å². The lowest BCUT2D eigenvalue weighted by Gasteiger charge is -2.55. The fourth-order valence-corrected chi connectivity index (χ4v) is 4.85. The molecule has 2 aromatic carbocycles. The zero-order chi connectivity index (χ0) is 15.3. The maximum atomic E-state index is 10.1. The Kier molecular flexibility index (Phi) is 3.05. The van der Waals surface area contributed by atoms with Gasteiger partial charge in [-0.3, -0.25) is 0 Å². The second-order valence-electron chi connectivity index (χ2n) is 6.97. The minimum atomic E-state index is 0.0325. The second-order valence-corrected chi connectivity index (χ2v) is 6.97. The Hall–Kier alpha value is -1.80. The Morgan fingerprint density at radius 1 is 1.14 bits per heavy atom. The van der Waals surface area contributed by atoms with Crippen molar-refractivity contribution in [1.29, 1.82) is 0 Å². The molecule has 2 nitrogen and oxygen atoms in total. The van der Waals surface area contributed by atoms with Crippen LogP contribution in [0.2, 0.25) is 0 Å². The summed E-state index contributed by atoms with van der Waals surface area (Å²) in [7, 11) is 2.25. The minimum Gasteiger partial charge on any atom is -0.508 e. The molecule has 1 heterocycles. The van der Waals surface area contributed by atoms with Gasteiger partial charge in [0.2, 0.25) is 0 Å². The van der Waals surface area contributed by atoms with Crippen molar-refractivity contribution in [3.05, 3.63) is 65.2 Å². The Bertz CT molecular complexity index is 696. The topological polar surface area (TPSA) is 23.5 Å². The monoisotopic (exact) mass is 293 g/mol. The molecule has 2 aromatic rings. The first kappa shape index (κ1) is 13.8. The minimum absolute atomic E-state index is 0.0325. The number of piperidine rings is 1. The predicted molar refractivity (Wildman–Crippen MR) is 89.2 cm³/mol. The number of benzene rings is 2. The molecule has 3 atom stereocenters. The van der Waals surface area contributed by atoms with Crippen LogP contribution in [-0.4, -0.2) is 29.6 Å². The highest BCUT2D eigenvalue weighted by Crippen LogP contribution is 2.52. The third-order valence-corrected chi connectivity index (χ3v) is 6.07. The molecule has 2 aliphatic rings. The van der Waals surface area contributed by atoms with Crippen LogP contribution in [0.1, 0.15) is 30.0 Å². The Labute approximate surface area is 132 Å². The third-order valence-electron chi connectivity index (χ3n) is 6.07. The van der Waals surface area contributed by atoms with Crippen molar-refractivity contribution in [2.45, 2.75) is 31.2 Å². The summed E-state index contributed by atoms with van der Waals surface area (Å²) in [5.41, 5.74) is 4.17. The molecule has 1 saturated heterocycles. The molecule has 0 amide bonds. The van der Waals surface area contributed by atoms with Gasteiger partial charge in [0.05, 0.1) is 0 Å². The number of nitrogens with zero attached hydrogens (tertiary/aromatic N) is 1. The highest BCUT2D eigenvalue weighted by atomic mass is 16.3. The second kappa shape index (κ2) is 4.85. The lowest BCUT2D eigenvalue weighted by Crippen LogP contribution is -2.58. The smallest absolute Gasteiger partial charge is 0.115 e. The summed E-state index contributed by atoms with van der Waals surface area (Å²) in [6.45, 7) is 3.50. The van der Waals surface area contributed by atoms with Gasteiger partial charge in [-0.05, 0) is 61.2 Å². The first-order chi connectivity index (χ1) is 10.6. The standard InChI is InChI=1S/C20H23NO/c1-14-19-12-15-8-9-17(22)13-18(15)20(14,10-11-21(19)2)16-6-4-3-5-7-16/h3-9,13-14,19,22H,10-12H2,1-2H3/t14-,19+,20+/m0/s1. The van der Waals surface area contributed by atoms with Crippen molar-refractivity contribution in [2.75, 3.05) is 13.6 Å². The number of hydrogen-bond donors (Lipinski definition) is 1. The van der Waals surface area contributed by atoms with E-state index in [1.54, 1.807) is 0 Å². The molecule has 0 aromatic heterocycles. The van der Waals surface area contributed by atoms with Crippen LogP contribution in [0, 0.1) is 5.92 Å². The molecule has 0 saturated carbocycles. The normalized spacial score (nSPS) is 30.8. The summed E-state index contributed by atoms with van der Waals surface area (Å²) in [6, 6.07) is 17.4. The fraction of sp³-hybridized carbons (Fsp3) is 0.400. The average Bonchev–Trinajstić information content (AvgIpc) is 2.53. The number of phenols is 1. The van der Waals surface area contributed by atoms with Crippen LogP contribution in [-0.2, 0) is 11.8 Å². The largest absolute Gasteiger partial charge is 0.508 e. The number of likely N-dealkylation sites (tertiary alicyclic amines) is 1. The van der Waals surface area contributed by atoms with Crippen molar-refractivity contribution in [1.82, 2.24) is 4.90 Å². The maximum Gasteiger partial charge on any atom is 0.115 e. The van der Waals surface area contributed by atoms with Crippen LogP contribution >= 0.6 is 0 Å². The zero-order valence-corrected chi connectivity index (χ0v) is 13.3. The van der Waals surface area contributed by atoms with Gasteiger partial charge >= 0.3 is 0 Å². The highest BCUT2D eigenvalue weighted by molar-refractivity contribution is 5.51. The van der Waals surface area contributed by atoms with Gasteiger partial charge in [-0.15, -0.1) is 0 Å². The molecule has 2 bridgehead atoms. The van der Waals surface area contributed by atoms with Gasteiger partial charge in [0.25, 0.3) is 0 Å². The first-order valence-electron chi connectivity index (χ1n) is 8.21. The van der Waals surface area contributed by atoms with Crippen molar-refractivity contribution in [3.63, 3.8) is 0 Å². The number of phenolic OH excluding ortho intramolecular Hbond substituents is 1. The van der Waals surface area contributed by atoms with E-state index in [-0.39, 0.29) is 5.41 Å². The number of hydrogen-bond acceptors (Lipinski definition) is 2. The molecule has 1 aliphatic carbocycles. The fourth-order valence-electron chi connectivity index (χ4n) is 4.85. The van der Waals surface area contributed by atoms with Crippen molar-refractivity contribution >= 4 is 0 Å². The summed E-state index contributed by atoms with van der Waals surface area (Å²) >= 11 is 0. The van der Waals surface area contributed by atoms with Crippen LogP contribution in [0.25, 0.3) is 0 Å². The Morgan fingerprint density at radius 2 is 1.91 bits per heavy atom. The molecule has 0 radical (unpaired) electrons. The molecule has 2 heteroatoms. The van der Waals surface area contributed by atoms with E-state index in [9.17, 15) is 5.11 Å². The zero-order valence-electron chi connectivity index (χ0n) is 13.3. The van der Waals surface area contributed by atoms with Crippen molar-refractivity contribution in [3.8, 4) is 5.75 Å². The molecular weight excluding hydrogens is 270 g/mol. The maximum absolute atomic E-state index is 10.1. The van der Waals surface area contributed by atoms with E-state index in [4.69, 9.17) is 0 Å². The number of likely N-dealkylation sites (N-methyl/N-ethyl adjacent to an activating group) is 1. The SMILES string of the molecule is C[C@H]1[C@H]2Cc3ccc(O)cc3[C@]1(c1ccccc1)CCN2C. The van der Waals surface area contributed by atoms with Gasteiger partial charge in [-0.25, -0.2) is 0 Å². The lowest BCUT2D eigenvalue weighted by atomic mass is 9.55. The summed E-state index contributed by atoms with van der Waals surface area (Å²) in [6.07, 6.45) is 2.20. The predicted octanol–water partition coefficient (Wildman–Crippen LogP) is 3.57. The van der Waals surface area contributed by atoms with Crippen LogP contribution in [0.4, 0.5) is 0 Å². The summed E-state index contributed by atoms with van der Waals surface area (Å²) in [5.74, 6) is 0.932. The van der Waals surface area contributed by atoms with Crippen LogP contribution in [0.5, 0.6) is 5.75 Å². The van der Waals surface area contributed by atoms with Gasteiger partial charge < -0.3 is 10.0 Å². The van der Waals surface area contributed by atoms with E-state index < -0.39 is 0 Å². The molecule has 0 unspecified atom stereocenters. The summed E-state index contributed by atoms with van der Waals surface area (Å²) < 4.78 is 0. The van der Waals surface area contributed by atoms with Crippen LogP contribution < -0.4 is 0 Å². The Balaban J connectivity index is 1.99. The van der Waals surface area contributed by atoms with Crippen molar-refractivity contribution < 1.29 is 5.11 Å². The third kappa shape index (κ3) is 1.77. The highest BCUT2D eigenvalue weighted by Gasteiger charge is 2.51. The lowest BCUT2D eigenvalue weighted by molar-refractivity contribution is 0.0613. The number of aromatic hydroxyl groups is 1. The van der Waals surface area contributed by atoms with Gasteiger partial charge in [-0.1, -0.05) is 43.3 Å². The van der Waals surface area contributed by atoms with Gasteiger partial charge in [0.15, 0.2) is 0 Å². The van der Waals surface area contributed by atoms with Gasteiger partial charge in [0, 0.05) is 11.5 Å². The molecule has 114 valence electrons. The van der Waals surface area contributed by atoms with E-state index >= 15 is 0 Å². The molecular formula is C20H23NO. The molecule has 4 rings (SSSR count). The molecule has 1 aliphatic heterocycles. The molecule has 0 spiro atoms. The quantitative estimate of drug-likeness (QED) is 0.869. The number of fused-ring (bicyclic) bond motifs is 4. The van der Waals surface area contributed by atoms with E-state index in [0.717, 1.165) is 19.4 Å². The molecule has 22 heavy (non-hydrogen) atoms. The van der Waals surface area contributed by atoms with E-state index in [1.807, 2.05) is 12.1 Å². The van der Waals surface area contributed by atoms with Crippen molar-refractivity contribution in [2.24, 2.45) is 5.92 Å². The summed E-state index contributed by atoms with van der Waals surface area (Å²) in [4.78, 5) is 2.52. The van der Waals surface area contributed by atoms with Gasteiger partial charge in [0.1, 0.15) is 5.75 Å². The Morgan fingerprint density at radius 3 is 2.68 bits per heavy atom. The van der Waals surface area contributed by atoms with Crippen LogP contribution in [0.3, 0.4) is 0 Å². The molecule has 1 N–H and O–H groups in total. The first-order valence-corrected chi connectivity index (χ1v) is 8.21.